The third-order valence-corrected chi connectivity index (χ3v) is 5.43. The van der Waals surface area contributed by atoms with Gasteiger partial charge in [0.1, 0.15) is 0 Å². The van der Waals surface area contributed by atoms with E-state index < -0.39 is 0 Å². The van der Waals surface area contributed by atoms with E-state index in [0.717, 1.165) is 51.1 Å². The van der Waals surface area contributed by atoms with Crippen LogP contribution in [0.1, 0.15) is 18.4 Å². The number of benzene rings is 1. The summed E-state index contributed by atoms with van der Waals surface area (Å²) in [6, 6.07) is 11.4. The molecule has 0 aromatic heterocycles. The van der Waals surface area contributed by atoms with Gasteiger partial charge in [-0.05, 0) is 38.4 Å². The van der Waals surface area contributed by atoms with Crippen LogP contribution in [0.4, 0.5) is 0 Å². The molecule has 1 N–H and O–H groups in total. The second-order valence-corrected chi connectivity index (χ2v) is 7.55. The lowest BCUT2D eigenvalue weighted by atomic mass is 10.1. The molecule has 1 atom stereocenters. The number of piperazine rings is 1. The first-order valence-corrected chi connectivity index (χ1v) is 9.55. The molecule has 2 aliphatic rings. The second-order valence-electron chi connectivity index (χ2n) is 7.55. The number of hydrogen-bond acceptors (Lipinski definition) is 3. The quantitative estimate of drug-likeness (QED) is 0.630. The Morgan fingerprint density at radius 2 is 1.84 bits per heavy atom. The lowest BCUT2D eigenvalue weighted by Gasteiger charge is -2.37. The summed E-state index contributed by atoms with van der Waals surface area (Å²) in [5.74, 6) is 1.93. The molecule has 1 aliphatic carbocycles. The zero-order chi connectivity index (χ0) is 17.6. The standard InChI is InChI=1S/C20H33N5/c1-21-20(22-15-19(23(2)3)18-9-10-18)25-13-11-24(12-14-25)16-17-7-5-4-6-8-17/h4-8,18-19H,9-16H2,1-3H3,(H,21,22). The maximum atomic E-state index is 4.53. The summed E-state index contributed by atoms with van der Waals surface area (Å²) in [5, 5.41) is 3.62. The fraction of sp³-hybridized carbons (Fsp3) is 0.650. The molecule has 5 nitrogen and oxygen atoms in total. The zero-order valence-corrected chi connectivity index (χ0v) is 16.0. The maximum Gasteiger partial charge on any atom is 0.193 e. The molecule has 3 rings (SSSR count). The molecule has 0 bridgehead atoms. The minimum Gasteiger partial charge on any atom is -0.355 e. The molecule has 1 unspecified atom stereocenters. The van der Waals surface area contributed by atoms with Crippen molar-refractivity contribution in [3.05, 3.63) is 35.9 Å². The van der Waals surface area contributed by atoms with Crippen molar-refractivity contribution in [1.29, 1.82) is 0 Å². The normalized spacial score (nSPS) is 20.8. The summed E-state index contributed by atoms with van der Waals surface area (Å²) < 4.78 is 0. The fourth-order valence-electron chi connectivity index (χ4n) is 3.74. The van der Waals surface area contributed by atoms with E-state index in [0.29, 0.717) is 6.04 Å². The van der Waals surface area contributed by atoms with E-state index in [2.05, 4.69) is 69.4 Å². The molecule has 1 aliphatic heterocycles. The van der Waals surface area contributed by atoms with E-state index in [9.17, 15) is 0 Å². The van der Waals surface area contributed by atoms with Gasteiger partial charge in [0.15, 0.2) is 5.96 Å². The molecule has 1 heterocycles. The van der Waals surface area contributed by atoms with Crippen molar-refractivity contribution in [3.63, 3.8) is 0 Å². The first-order chi connectivity index (χ1) is 12.2. The van der Waals surface area contributed by atoms with Crippen molar-refractivity contribution in [2.45, 2.75) is 25.4 Å². The van der Waals surface area contributed by atoms with Gasteiger partial charge in [0.25, 0.3) is 0 Å². The van der Waals surface area contributed by atoms with E-state index in [1.54, 1.807) is 0 Å². The Morgan fingerprint density at radius 3 is 2.40 bits per heavy atom. The molecule has 25 heavy (non-hydrogen) atoms. The number of likely N-dealkylation sites (N-methyl/N-ethyl adjacent to an activating group) is 1. The average Bonchev–Trinajstić information content (AvgIpc) is 3.45. The molecule has 1 aromatic rings. The van der Waals surface area contributed by atoms with Gasteiger partial charge < -0.3 is 15.1 Å². The molecular weight excluding hydrogens is 310 g/mol. The third-order valence-electron chi connectivity index (χ3n) is 5.43. The Kier molecular flexibility index (Phi) is 6.32. The Morgan fingerprint density at radius 1 is 1.16 bits per heavy atom. The Bertz CT molecular complexity index is 542. The molecule has 5 heteroatoms. The highest BCUT2D eigenvalue weighted by Crippen LogP contribution is 2.34. The van der Waals surface area contributed by atoms with Crippen molar-refractivity contribution >= 4 is 5.96 Å². The average molecular weight is 344 g/mol. The van der Waals surface area contributed by atoms with E-state index in [4.69, 9.17) is 0 Å². The van der Waals surface area contributed by atoms with Crippen LogP contribution in [-0.2, 0) is 6.54 Å². The van der Waals surface area contributed by atoms with Gasteiger partial charge in [0.05, 0.1) is 0 Å². The monoisotopic (exact) mass is 343 g/mol. The highest BCUT2D eigenvalue weighted by Gasteiger charge is 2.32. The van der Waals surface area contributed by atoms with Crippen LogP contribution in [0.3, 0.4) is 0 Å². The van der Waals surface area contributed by atoms with Gasteiger partial charge >= 0.3 is 0 Å². The maximum absolute atomic E-state index is 4.53. The van der Waals surface area contributed by atoms with E-state index >= 15 is 0 Å². The summed E-state index contributed by atoms with van der Waals surface area (Å²) in [6.07, 6.45) is 2.75. The predicted octanol–water partition coefficient (Wildman–Crippen LogP) is 1.72. The minimum absolute atomic E-state index is 0.621. The van der Waals surface area contributed by atoms with Gasteiger partial charge in [-0.3, -0.25) is 9.89 Å². The first kappa shape index (κ1) is 18.2. The van der Waals surface area contributed by atoms with Crippen molar-refractivity contribution < 1.29 is 0 Å². The molecule has 0 amide bonds. The van der Waals surface area contributed by atoms with Gasteiger partial charge in [0.2, 0.25) is 0 Å². The number of hydrogen-bond donors (Lipinski definition) is 1. The highest BCUT2D eigenvalue weighted by atomic mass is 15.3. The number of rotatable bonds is 6. The number of nitrogens with zero attached hydrogens (tertiary/aromatic N) is 4. The summed E-state index contributed by atoms with van der Waals surface area (Å²) in [4.78, 5) is 11.8. The van der Waals surface area contributed by atoms with Crippen LogP contribution in [0.2, 0.25) is 0 Å². The van der Waals surface area contributed by atoms with E-state index in [1.165, 1.54) is 18.4 Å². The van der Waals surface area contributed by atoms with E-state index in [-0.39, 0.29) is 0 Å². The molecule has 1 aromatic carbocycles. The minimum atomic E-state index is 0.621. The van der Waals surface area contributed by atoms with Crippen LogP contribution in [-0.4, -0.2) is 80.6 Å². The predicted molar refractivity (Wildman–Crippen MR) is 105 cm³/mol. The van der Waals surface area contributed by atoms with Gasteiger partial charge in [-0.25, -0.2) is 0 Å². The Balaban J connectivity index is 1.45. The van der Waals surface area contributed by atoms with Crippen LogP contribution in [0.25, 0.3) is 0 Å². The topological polar surface area (TPSA) is 34.1 Å². The second kappa shape index (κ2) is 8.68. The SMILES string of the molecule is CN=C(NCC(C1CC1)N(C)C)N1CCN(Cc2ccccc2)CC1. The van der Waals surface area contributed by atoms with Crippen LogP contribution in [0.5, 0.6) is 0 Å². The first-order valence-electron chi connectivity index (χ1n) is 9.55. The van der Waals surface area contributed by atoms with Crippen molar-refractivity contribution in [1.82, 2.24) is 20.0 Å². The Hall–Kier alpha value is -1.59. The summed E-state index contributed by atoms with van der Waals surface area (Å²) in [5.41, 5.74) is 1.40. The zero-order valence-electron chi connectivity index (χ0n) is 16.0. The van der Waals surface area contributed by atoms with E-state index in [1.807, 2.05) is 7.05 Å². The Labute approximate surface area is 152 Å². The molecular formula is C20H33N5. The summed E-state index contributed by atoms with van der Waals surface area (Å²) in [6.45, 7) is 6.31. The van der Waals surface area contributed by atoms with Crippen LogP contribution >= 0.6 is 0 Å². The molecule has 2 fully saturated rings. The van der Waals surface area contributed by atoms with Crippen molar-refractivity contribution in [2.24, 2.45) is 10.9 Å². The molecule has 138 valence electrons. The van der Waals surface area contributed by atoms with Crippen LogP contribution < -0.4 is 5.32 Å². The fourth-order valence-corrected chi connectivity index (χ4v) is 3.74. The van der Waals surface area contributed by atoms with Gasteiger partial charge in [-0.2, -0.15) is 0 Å². The molecule has 0 radical (unpaired) electrons. The number of nitrogens with one attached hydrogen (secondary N) is 1. The van der Waals surface area contributed by atoms with Crippen LogP contribution in [0.15, 0.2) is 35.3 Å². The summed E-state index contributed by atoms with van der Waals surface area (Å²) in [7, 11) is 6.28. The largest absolute Gasteiger partial charge is 0.355 e. The van der Waals surface area contributed by atoms with Gasteiger partial charge in [-0.1, -0.05) is 30.3 Å². The number of aliphatic imine (C=N–C) groups is 1. The highest BCUT2D eigenvalue weighted by molar-refractivity contribution is 5.80. The van der Waals surface area contributed by atoms with Gasteiger partial charge in [-0.15, -0.1) is 0 Å². The lowest BCUT2D eigenvalue weighted by molar-refractivity contribution is 0.171. The molecule has 1 saturated heterocycles. The van der Waals surface area contributed by atoms with Gasteiger partial charge in [0, 0.05) is 52.4 Å². The van der Waals surface area contributed by atoms with Crippen molar-refractivity contribution in [3.8, 4) is 0 Å². The number of guanidine groups is 1. The van der Waals surface area contributed by atoms with Crippen molar-refractivity contribution in [2.75, 3.05) is 53.9 Å². The lowest BCUT2D eigenvalue weighted by Crippen LogP contribution is -2.54. The summed E-state index contributed by atoms with van der Waals surface area (Å²) >= 11 is 0. The van der Waals surface area contributed by atoms with Crippen LogP contribution in [0, 0.1) is 5.92 Å². The third kappa shape index (κ3) is 5.19. The molecule has 1 saturated carbocycles. The molecule has 0 spiro atoms. The smallest absolute Gasteiger partial charge is 0.193 e.